The molecular formula is C10H24N2O. The van der Waals surface area contributed by atoms with Crippen LogP contribution in [0.1, 0.15) is 27.2 Å². The van der Waals surface area contributed by atoms with Crippen molar-refractivity contribution in [2.75, 3.05) is 32.7 Å². The molecule has 0 saturated heterocycles. The van der Waals surface area contributed by atoms with Gasteiger partial charge in [0.05, 0.1) is 6.10 Å². The van der Waals surface area contributed by atoms with Crippen LogP contribution in [0.3, 0.4) is 0 Å². The van der Waals surface area contributed by atoms with Crippen LogP contribution in [0.15, 0.2) is 0 Å². The molecule has 0 amide bonds. The van der Waals surface area contributed by atoms with Gasteiger partial charge < -0.3 is 15.3 Å². The molecule has 0 aliphatic heterocycles. The Kier molecular flexibility index (Phi) is 8.40. The molecular weight excluding hydrogens is 164 g/mol. The Hall–Kier alpha value is -0.120. The number of nitrogens with zero attached hydrogens (tertiary/aromatic N) is 1. The van der Waals surface area contributed by atoms with Crippen molar-refractivity contribution in [2.45, 2.75) is 33.3 Å². The van der Waals surface area contributed by atoms with Crippen molar-refractivity contribution in [1.29, 1.82) is 0 Å². The molecule has 0 aliphatic rings. The minimum atomic E-state index is -0.228. The fraction of sp³-hybridized carbons (Fsp3) is 1.00. The van der Waals surface area contributed by atoms with Crippen LogP contribution >= 0.6 is 0 Å². The number of rotatable bonds is 8. The lowest BCUT2D eigenvalue weighted by atomic mass is 10.3. The molecule has 0 rings (SSSR count). The average molecular weight is 188 g/mol. The van der Waals surface area contributed by atoms with Crippen molar-refractivity contribution in [1.82, 2.24) is 10.2 Å². The van der Waals surface area contributed by atoms with E-state index in [2.05, 4.69) is 24.1 Å². The summed E-state index contributed by atoms with van der Waals surface area (Å²) in [6.07, 6.45) is 0.933. The third-order valence-electron chi connectivity index (χ3n) is 2.16. The molecule has 1 atom stereocenters. The van der Waals surface area contributed by atoms with Gasteiger partial charge >= 0.3 is 0 Å². The summed E-state index contributed by atoms with van der Waals surface area (Å²) in [6.45, 7) is 11.3. The van der Waals surface area contributed by atoms with Crippen molar-refractivity contribution in [3.05, 3.63) is 0 Å². The maximum absolute atomic E-state index is 8.98. The molecule has 3 nitrogen and oxygen atoms in total. The Morgan fingerprint density at radius 1 is 1.31 bits per heavy atom. The highest BCUT2D eigenvalue weighted by atomic mass is 16.3. The van der Waals surface area contributed by atoms with E-state index in [9.17, 15) is 0 Å². The lowest BCUT2D eigenvalue weighted by Gasteiger charge is -2.17. The molecule has 13 heavy (non-hydrogen) atoms. The molecule has 0 radical (unpaired) electrons. The van der Waals surface area contributed by atoms with Crippen LogP contribution in [0, 0.1) is 0 Å². The van der Waals surface area contributed by atoms with Crippen LogP contribution in [0.4, 0.5) is 0 Å². The summed E-state index contributed by atoms with van der Waals surface area (Å²) in [7, 11) is 0. The number of nitrogens with one attached hydrogen (secondary N) is 1. The highest BCUT2D eigenvalue weighted by molar-refractivity contribution is 4.56. The summed E-state index contributed by atoms with van der Waals surface area (Å²) < 4.78 is 0. The SMILES string of the molecule is CCN(CC)CCCNC[C@H](C)O. The largest absolute Gasteiger partial charge is 0.392 e. The standard InChI is InChI=1S/C10H24N2O/c1-4-12(5-2)8-6-7-11-9-10(3)13/h10-11,13H,4-9H2,1-3H3/t10-/m0/s1. The van der Waals surface area contributed by atoms with Crippen molar-refractivity contribution < 1.29 is 5.11 Å². The Bertz CT molecular complexity index is 103. The van der Waals surface area contributed by atoms with Crippen molar-refractivity contribution in [2.24, 2.45) is 0 Å². The number of hydrogen-bond acceptors (Lipinski definition) is 3. The molecule has 0 spiro atoms. The molecule has 0 fully saturated rings. The first-order valence-electron chi connectivity index (χ1n) is 5.31. The Morgan fingerprint density at radius 2 is 1.92 bits per heavy atom. The van der Waals surface area contributed by atoms with E-state index in [-0.39, 0.29) is 6.10 Å². The van der Waals surface area contributed by atoms with E-state index in [1.807, 2.05) is 0 Å². The van der Waals surface area contributed by atoms with Crippen LogP contribution in [0.2, 0.25) is 0 Å². The van der Waals surface area contributed by atoms with Gasteiger partial charge in [-0.15, -0.1) is 0 Å². The molecule has 0 aromatic heterocycles. The summed E-state index contributed by atoms with van der Waals surface area (Å²) in [6, 6.07) is 0. The van der Waals surface area contributed by atoms with E-state index in [1.54, 1.807) is 6.92 Å². The summed E-state index contributed by atoms with van der Waals surface area (Å²) in [5, 5.41) is 12.2. The van der Waals surface area contributed by atoms with Crippen molar-refractivity contribution in [3.63, 3.8) is 0 Å². The average Bonchev–Trinajstić information content (AvgIpc) is 2.11. The van der Waals surface area contributed by atoms with E-state index < -0.39 is 0 Å². The first-order valence-corrected chi connectivity index (χ1v) is 5.31. The first kappa shape index (κ1) is 12.9. The van der Waals surface area contributed by atoms with Gasteiger partial charge in [0, 0.05) is 6.54 Å². The zero-order chi connectivity index (χ0) is 10.1. The lowest BCUT2D eigenvalue weighted by molar-refractivity contribution is 0.190. The summed E-state index contributed by atoms with van der Waals surface area (Å²) in [5.41, 5.74) is 0. The number of aliphatic hydroxyl groups excluding tert-OH is 1. The second kappa shape index (κ2) is 8.48. The fourth-order valence-electron chi connectivity index (χ4n) is 1.28. The normalized spacial score (nSPS) is 13.6. The minimum absolute atomic E-state index is 0.228. The Balaban J connectivity index is 3.14. The third-order valence-corrected chi connectivity index (χ3v) is 2.16. The zero-order valence-electron chi connectivity index (χ0n) is 9.21. The highest BCUT2D eigenvalue weighted by Gasteiger charge is 1.98. The van der Waals surface area contributed by atoms with Crippen molar-refractivity contribution >= 4 is 0 Å². The molecule has 3 heteroatoms. The van der Waals surface area contributed by atoms with E-state index in [1.165, 1.54) is 0 Å². The van der Waals surface area contributed by atoms with Crippen LogP contribution in [0.25, 0.3) is 0 Å². The highest BCUT2D eigenvalue weighted by Crippen LogP contribution is 1.89. The zero-order valence-corrected chi connectivity index (χ0v) is 9.21. The topological polar surface area (TPSA) is 35.5 Å². The van der Waals surface area contributed by atoms with Crippen LogP contribution in [-0.4, -0.2) is 48.8 Å². The second-order valence-corrected chi connectivity index (χ2v) is 3.43. The summed E-state index contributed by atoms with van der Waals surface area (Å²) >= 11 is 0. The van der Waals surface area contributed by atoms with Crippen LogP contribution < -0.4 is 5.32 Å². The molecule has 0 saturated carbocycles. The van der Waals surface area contributed by atoms with Gasteiger partial charge in [-0.25, -0.2) is 0 Å². The maximum Gasteiger partial charge on any atom is 0.0636 e. The smallest absolute Gasteiger partial charge is 0.0636 e. The molecule has 0 aromatic carbocycles. The summed E-state index contributed by atoms with van der Waals surface area (Å²) in [4.78, 5) is 2.41. The van der Waals surface area contributed by atoms with Gasteiger partial charge in [-0.2, -0.15) is 0 Å². The molecule has 0 unspecified atom stereocenters. The minimum Gasteiger partial charge on any atom is -0.392 e. The predicted octanol–water partition coefficient (Wildman–Crippen LogP) is 0.689. The fourth-order valence-corrected chi connectivity index (χ4v) is 1.28. The van der Waals surface area contributed by atoms with Crippen LogP contribution in [0.5, 0.6) is 0 Å². The molecule has 0 heterocycles. The van der Waals surface area contributed by atoms with Crippen LogP contribution in [-0.2, 0) is 0 Å². The van der Waals surface area contributed by atoms with Gasteiger partial charge in [-0.3, -0.25) is 0 Å². The molecule has 80 valence electrons. The van der Waals surface area contributed by atoms with Gasteiger partial charge in [-0.1, -0.05) is 13.8 Å². The third kappa shape index (κ3) is 8.22. The van der Waals surface area contributed by atoms with Gasteiger partial charge in [-0.05, 0) is 39.5 Å². The Morgan fingerprint density at radius 3 is 2.38 bits per heavy atom. The number of hydrogen-bond donors (Lipinski definition) is 2. The van der Waals surface area contributed by atoms with Gasteiger partial charge in [0.25, 0.3) is 0 Å². The monoisotopic (exact) mass is 188 g/mol. The first-order chi connectivity index (χ1) is 6.20. The van der Waals surface area contributed by atoms with E-state index >= 15 is 0 Å². The van der Waals surface area contributed by atoms with E-state index in [0.717, 1.165) is 32.6 Å². The second-order valence-electron chi connectivity index (χ2n) is 3.43. The quantitative estimate of drug-likeness (QED) is 0.550. The maximum atomic E-state index is 8.98. The molecule has 2 N–H and O–H groups in total. The molecule has 0 aliphatic carbocycles. The molecule has 0 bridgehead atoms. The van der Waals surface area contributed by atoms with E-state index in [4.69, 9.17) is 5.11 Å². The lowest BCUT2D eigenvalue weighted by Crippen LogP contribution is -2.29. The van der Waals surface area contributed by atoms with Gasteiger partial charge in [0.1, 0.15) is 0 Å². The van der Waals surface area contributed by atoms with E-state index in [0.29, 0.717) is 6.54 Å². The Labute approximate surface area is 82.1 Å². The van der Waals surface area contributed by atoms with Crippen molar-refractivity contribution in [3.8, 4) is 0 Å². The summed E-state index contributed by atoms with van der Waals surface area (Å²) in [5.74, 6) is 0. The molecule has 0 aromatic rings. The van der Waals surface area contributed by atoms with Gasteiger partial charge in [0.15, 0.2) is 0 Å². The predicted molar refractivity (Wildman–Crippen MR) is 57.0 cm³/mol. The van der Waals surface area contributed by atoms with Gasteiger partial charge in [0.2, 0.25) is 0 Å². The number of aliphatic hydroxyl groups is 1.